The highest BCUT2D eigenvalue weighted by Gasteiger charge is 2.43. The number of hydrogen-bond acceptors (Lipinski definition) is 9. The second-order valence-corrected chi connectivity index (χ2v) is 14.6. The number of aryl methyl sites for hydroxylation is 1. The SMILES string of the molecule is CCC[C@H](O)C[C@@H](O)CC(=O)CCc1ccc(O)c(OCN2C=C3N=CC(C4(c5cccc([C@H](N)NCCc6ccccc6)c5)CCCC4)=C3C2)c1. The summed E-state index contributed by atoms with van der Waals surface area (Å²) in [5.41, 5.74) is 14.5. The van der Waals surface area contributed by atoms with Crippen molar-refractivity contribution in [1.82, 2.24) is 10.2 Å². The Balaban J connectivity index is 1.06. The Morgan fingerprint density at radius 3 is 2.60 bits per heavy atom. The maximum atomic E-state index is 12.5. The van der Waals surface area contributed by atoms with Crippen molar-refractivity contribution in [1.29, 1.82) is 0 Å². The number of hydrogen-bond donors (Lipinski definition) is 5. The number of aromatic hydroxyl groups is 1. The van der Waals surface area contributed by atoms with Crippen LogP contribution >= 0.6 is 0 Å². The van der Waals surface area contributed by atoms with Crippen LogP contribution < -0.4 is 15.8 Å². The quantitative estimate of drug-likeness (QED) is 0.0907. The molecule has 2 heterocycles. The maximum Gasteiger partial charge on any atom is 0.163 e. The summed E-state index contributed by atoms with van der Waals surface area (Å²) in [4.78, 5) is 19.5. The number of phenolic OH excluding ortho intramolecular Hbond substituents is 1. The van der Waals surface area contributed by atoms with Crippen LogP contribution in [-0.2, 0) is 23.1 Å². The number of ketones is 1. The van der Waals surface area contributed by atoms with Gasteiger partial charge in [-0.15, -0.1) is 0 Å². The predicted octanol–water partition coefficient (Wildman–Crippen LogP) is 6.37. The van der Waals surface area contributed by atoms with Crippen LogP contribution in [0.5, 0.6) is 11.5 Å². The Kier molecular flexibility index (Phi) is 12.6. The molecule has 0 saturated heterocycles. The Morgan fingerprint density at radius 2 is 1.81 bits per heavy atom. The molecule has 6 N–H and O–H groups in total. The normalized spacial score (nSPS) is 18.0. The van der Waals surface area contributed by atoms with Crippen LogP contribution in [0.4, 0.5) is 0 Å². The van der Waals surface area contributed by atoms with Gasteiger partial charge in [0.2, 0.25) is 0 Å². The third-order valence-corrected chi connectivity index (χ3v) is 10.8. The fraction of sp³-hybridized carbons (Fsp3) is 0.442. The number of carbonyl (C=O) groups is 1. The average molecular weight is 707 g/mol. The molecule has 276 valence electrons. The van der Waals surface area contributed by atoms with E-state index in [2.05, 4.69) is 65.0 Å². The first-order valence-electron chi connectivity index (χ1n) is 18.9. The summed E-state index contributed by atoms with van der Waals surface area (Å²) in [5, 5.41) is 34.2. The van der Waals surface area contributed by atoms with Gasteiger partial charge < -0.3 is 30.7 Å². The minimum absolute atomic E-state index is 0.0266. The summed E-state index contributed by atoms with van der Waals surface area (Å²) in [7, 11) is 0. The predicted molar refractivity (Wildman–Crippen MR) is 205 cm³/mol. The molecule has 3 atom stereocenters. The van der Waals surface area contributed by atoms with Gasteiger partial charge in [0.15, 0.2) is 18.2 Å². The third kappa shape index (κ3) is 9.19. The monoisotopic (exact) mass is 706 g/mol. The van der Waals surface area contributed by atoms with E-state index in [0.717, 1.165) is 61.9 Å². The molecule has 52 heavy (non-hydrogen) atoms. The molecule has 3 aromatic rings. The highest BCUT2D eigenvalue weighted by molar-refractivity contribution is 5.90. The fourth-order valence-electron chi connectivity index (χ4n) is 7.96. The van der Waals surface area contributed by atoms with Crippen molar-refractivity contribution in [2.45, 2.75) is 101 Å². The highest BCUT2D eigenvalue weighted by Crippen LogP contribution is 2.50. The fourth-order valence-corrected chi connectivity index (χ4v) is 7.96. The molecule has 0 radical (unpaired) electrons. The number of fused-ring (bicyclic) bond motifs is 1. The highest BCUT2D eigenvalue weighted by atomic mass is 16.5. The van der Waals surface area contributed by atoms with E-state index in [9.17, 15) is 20.1 Å². The number of allylic oxidation sites excluding steroid dienone is 1. The maximum absolute atomic E-state index is 12.5. The van der Waals surface area contributed by atoms with Crippen LogP contribution in [0.15, 0.2) is 101 Å². The molecular formula is C43H54N4O5. The van der Waals surface area contributed by atoms with E-state index in [1.165, 1.54) is 22.3 Å². The number of Topliss-reactive ketones (excluding diaryl/α,β-unsaturated/α-hetero) is 1. The van der Waals surface area contributed by atoms with E-state index in [-0.39, 0.29) is 49.1 Å². The largest absolute Gasteiger partial charge is 0.504 e. The number of benzene rings is 3. The minimum Gasteiger partial charge on any atom is -0.504 e. The molecule has 1 aliphatic carbocycles. The zero-order chi connectivity index (χ0) is 36.5. The van der Waals surface area contributed by atoms with Crippen LogP contribution in [0, 0.1) is 0 Å². The zero-order valence-corrected chi connectivity index (χ0v) is 30.3. The lowest BCUT2D eigenvalue weighted by Gasteiger charge is -2.32. The Labute approximate surface area is 307 Å². The van der Waals surface area contributed by atoms with Gasteiger partial charge in [0.1, 0.15) is 5.78 Å². The molecule has 1 fully saturated rings. The molecule has 3 aliphatic rings. The number of aliphatic hydroxyl groups excluding tert-OH is 2. The minimum atomic E-state index is -0.841. The van der Waals surface area contributed by atoms with E-state index < -0.39 is 12.2 Å². The van der Waals surface area contributed by atoms with Crippen LogP contribution in [0.1, 0.15) is 93.1 Å². The standard InChI is InChI=1S/C43H54N4O5/c1-2-9-34(48)24-36(50)25-35(49)16-14-31-15-17-40(51)41(22-31)52-29-47-27-37-38(26-46-39(37)28-47)43(19-6-7-20-43)33-13-8-12-32(23-33)42(44)45-21-18-30-10-4-3-5-11-30/h3-5,8,10-13,15,17,22-23,26,28,34,36,42,45,48,50-51H,2,6-7,9,14,16,18-21,24-25,27,29,44H2,1H3/t34-,36+,42+/m0/s1. The van der Waals surface area contributed by atoms with Crippen molar-refractivity contribution >= 4 is 12.0 Å². The van der Waals surface area contributed by atoms with Gasteiger partial charge in [0.25, 0.3) is 0 Å². The Bertz CT molecular complexity index is 1760. The second kappa shape index (κ2) is 17.5. The first-order valence-corrected chi connectivity index (χ1v) is 18.9. The molecular weight excluding hydrogens is 652 g/mol. The molecule has 9 nitrogen and oxygen atoms in total. The smallest absolute Gasteiger partial charge is 0.163 e. The van der Waals surface area contributed by atoms with E-state index in [1.54, 1.807) is 18.2 Å². The third-order valence-electron chi connectivity index (χ3n) is 10.8. The van der Waals surface area contributed by atoms with Crippen LogP contribution in [-0.4, -0.2) is 64.2 Å². The molecule has 0 amide bonds. The number of nitrogens with two attached hydrogens (primary N) is 1. The molecule has 9 heteroatoms. The molecule has 0 spiro atoms. The summed E-state index contributed by atoms with van der Waals surface area (Å²) in [6.45, 7) is 3.68. The van der Waals surface area contributed by atoms with Gasteiger partial charge >= 0.3 is 0 Å². The van der Waals surface area contributed by atoms with E-state index in [0.29, 0.717) is 25.1 Å². The zero-order valence-electron chi connectivity index (χ0n) is 30.3. The summed E-state index contributed by atoms with van der Waals surface area (Å²) in [5.74, 6) is 0.341. The summed E-state index contributed by atoms with van der Waals surface area (Å²) >= 11 is 0. The number of nitrogens with zero attached hydrogens (tertiary/aromatic N) is 2. The van der Waals surface area contributed by atoms with Gasteiger partial charge in [0, 0.05) is 49.3 Å². The number of aliphatic hydroxyl groups is 2. The topological polar surface area (TPSA) is 141 Å². The van der Waals surface area contributed by atoms with Gasteiger partial charge in [-0.1, -0.05) is 86.8 Å². The lowest BCUT2D eigenvalue weighted by atomic mass is 9.71. The van der Waals surface area contributed by atoms with E-state index in [4.69, 9.17) is 15.5 Å². The molecule has 0 bridgehead atoms. The van der Waals surface area contributed by atoms with Crippen molar-refractivity contribution in [2.75, 3.05) is 19.8 Å². The lowest BCUT2D eigenvalue weighted by molar-refractivity contribution is -0.121. The number of rotatable bonds is 19. The van der Waals surface area contributed by atoms with Gasteiger partial charge in [-0.2, -0.15) is 0 Å². The van der Waals surface area contributed by atoms with Crippen molar-refractivity contribution in [3.05, 3.63) is 118 Å². The van der Waals surface area contributed by atoms with Crippen LogP contribution in [0.2, 0.25) is 0 Å². The molecule has 3 aromatic carbocycles. The molecule has 6 rings (SSSR count). The molecule has 2 aliphatic heterocycles. The van der Waals surface area contributed by atoms with E-state index >= 15 is 0 Å². The van der Waals surface area contributed by atoms with E-state index in [1.807, 2.05) is 19.2 Å². The first-order chi connectivity index (χ1) is 25.2. The Morgan fingerprint density at radius 1 is 1.00 bits per heavy atom. The van der Waals surface area contributed by atoms with Gasteiger partial charge in [-0.25, -0.2) is 0 Å². The van der Waals surface area contributed by atoms with Crippen molar-refractivity contribution in [3.63, 3.8) is 0 Å². The summed E-state index contributed by atoms with van der Waals surface area (Å²) < 4.78 is 6.12. The molecule has 0 unspecified atom stereocenters. The number of nitrogens with one attached hydrogen (secondary N) is 1. The van der Waals surface area contributed by atoms with Crippen molar-refractivity contribution in [2.24, 2.45) is 10.7 Å². The number of phenols is 1. The Hall–Kier alpha value is -4.28. The number of ether oxygens (including phenoxy) is 1. The first kappa shape index (κ1) is 37.5. The van der Waals surface area contributed by atoms with Crippen molar-refractivity contribution in [3.8, 4) is 11.5 Å². The van der Waals surface area contributed by atoms with Crippen LogP contribution in [0.25, 0.3) is 0 Å². The van der Waals surface area contributed by atoms with Crippen molar-refractivity contribution < 1.29 is 24.9 Å². The molecule has 1 saturated carbocycles. The van der Waals surface area contributed by atoms with Crippen LogP contribution in [0.3, 0.4) is 0 Å². The number of carbonyl (C=O) groups excluding carboxylic acids is 1. The lowest BCUT2D eigenvalue weighted by Crippen LogP contribution is -2.32. The summed E-state index contributed by atoms with van der Waals surface area (Å²) in [6.07, 6.45) is 10.2. The second-order valence-electron chi connectivity index (χ2n) is 14.6. The van der Waals surface area contributed by atoms with Gasteiger partial charge in [0.05, 0.1) is 24.1 Å². The average Bonchev–Trinajstić information content (AvgIpc) is 3.89. The molecule has 0 aromatic heterocycles. The number of aliphatic imine (C=N–C) groups is 1. The van der Waals surface area contributed by atoms with Gasteiger partial charge in [-0.3, -0.25) is 15.1 Å². The van der Waals surface area contributed by atoms with Gasteiger partial charge in [-0.05, 0) is 78.5 Å². The summed E-state index contributed by atoms with van der Waals surface area (Å²) in [6, 6.07) is 24.4.